The highest BCUT2D eigenvalue weighted by atomic mass is 35.5. The zero-order valence-corrected chi connectivity index (χ0v) is 16.1. The van der Waals surface area contributed by atoms with Crippen molar-refractivity contribution in [3.8, 4) is 16.5 Å². The molecule has 2 heterocycles. The van der Waals surface area contributed by atoms with Crippen LogP contribution in [0.2, 0.25) is 5.02 Å². The van der Waals surface area contributed by atoms with E-state index in [1.165, 1.54) is 5.56 Å². The molecule has 0 saturated heterocycles. The summed E-state index contributed by atoms with van der Waals surface area (Å²) in [6.45, 7) is 0.733. The molecule has 0 amide bonds. The average Bonchev–Trinajstić information content (AvgIpc) is 2.78. The minimum absolute atomic E-state index is 0.687. The van der Waals surface area contributed by atoms with Gasteiger partial charge >= 0.3 is 0 Å². The topological polar surface area (TPSA) is 32.0 Å². The molecule has 0 N–H and O–H groups in total. The summed E-state index contributed by atoms with van der Waals surface area (Å²) in [5, 5.41) is 0.687. The Kier molecular flexibility index (Phi) is 4.57. The summed E-state index contributed by atoms with van der Waals surface area (Å²) < 4.78 is 9.53. The summed E-state index contributed by atoms with van der Waals surface area (Å²) in [6.07, 6.45) is 2.06. The Morgan fingerprint density at radius 2 is 1.92 bits per heavy atom. The normalized spacial score (nSPS) is 11.0. The van der Waals surface area contributed by atoms with E-state index in [-0.39, 0.29) is 0 Å². The van der Waals surface area contributed by atoms with Crippen LogP contribution in [-0.2, 0) is 13.6 Å². The van der Waals surface area contributed by atoms with Crippen molar-refractivity contribution in [1.29, 1.82) is 0 Å². The molecule has 0 radical (unpaired) electrons. The second kappa shape index (κ2) is 7.02. The number of aryl methyl sites for hydroxylation is 1. The van der Waals surface area contributed by atoms with Gasteiger partial charge in [0, 0.05) is 24.8 Å². The molecule has 26 heavy (non-hydrogen) atoms. The third-order valence-electron chi connectivity index (χ3n) is 4.26. The molecule has 132 valence electrons. The minimum atomic E-state index is 0.687. The van der Waals surface area contributed by atoms with E-state index in [1.807, 2.05) is 37.4 Å². The molecule has 0 fully saturated rings. The van der Waals surface area contributed by atoms with Crippen LogP contribution in [0.25, 0.3) is 21.7 Å². The number of aromatic nitrogens is 3. The van der Waals surface area contributed by atoms with Gasteiger partial charge in [-0.2, -0.15) is 0 Å². The van der Waals surface area contributed by atoms with E-state index in [1.54, 1.807) is 18.6 Å². The first-order valence-corrected chi connectivity index (χ1v) is 9.37. The van der Waals surface area contributed by atoms with Gasteiger partial charge in [-0.05, 0) is 48.0 Å². The molecule has 2 aliphatic rings. The number of hydrogen-bond donors (Lipinski definition) is 0. The first kappa shape index (κ1) is 16.9. The van der Waals surface area contributed by atoms with Gasteiger partial charge in [0.2, 0.25) is 0 Å². The SMILES string of the molecule is COc1ccc(Cn2cccc3sn(C)c4ccc(Cl)cc4nc2-3)cc1. The van der Waals surface area contributed by atoms with Crippen LogP contribution >= 0.6 is 23.1 Å². The van der Waals surface area contributed by atoms with E-state index >= 15 is 0 Å². The van der Waals surface area contributed by atoms with Gasteiger partial charge in [0.1, 0.15) is 5.75 Å². The van der Waals surface area contributed by atoms with Crippen molar-refractivity contribution in [3.05, 3.63) is 71.4 Å². The van der Waals surface area contributed by atoms with Crippen molar-refractivity contribution in [2.45, 2.75) is 6.54 Å². The molecule has 0 saturated carbocycles. The lowest BCUT2D eigenvalue weighted by molar-refractivity contribution is 0.414. The maximum absolute atomic E-state index is 6.20. The van der Waals surface area contributed by atoms with E-state index in [0.717, 1.165) is 34.0 Å². The molecule has 0 aliphatic carbocycles. The van der Waals surface area contributed by atoms with Crippen LogP contribution in [0.15, 0.2) is 60.8 Å². The molecule has 0 aromatic heterocycles. The fourth-order valence-electron chi connectivity index (χ4n) is 2.93. The number of fused-ring (bicyclic) bond motifs is 2. The first-order valence-electron chi connectivity index (χ1n) is 8.22. The molecule has 2 aliphatic heterocycles. The lowest BCUT2D eigenvalue weighted by Crippen LogP contribution is -2.05. The first-order chi connectivity index (χ1) is 12.6. The zero-order chi connectivity index (χ0) is 18.1. The van der Waals surface area contributed by atoms with Gasteiger partial charge in [-0.1, -0.05) is 35.3 Å². The monoisotopic (exact) mass is 383 g/mol. The molecule has 0 unspecified atom stereocenters. The Morgan fingerprint density at radius 3 is 2.69 bits per heavy atom. The predicted octanol–water partition coefficient (Wildman–Crippen LogP) is 5.38. The maximum Gasteiger partial charge on any atom is 0.152 e. The fraction of sp³-hybridized carbons (Fsp3) is 0.150. The van der Waals surface area contributed by atoms with Gasteiger partial charge in [0.25, 0.3) is 0 Å². The highest BCUT2D eigenvalue weighted by molar-refractivity contribution is 7.10. The summed E-state index contributed by atoms with van der Waals surface area (Å²) in [5.74, 6) is 1.79. The molecule has 0 atom stereocenters. The van der Waals surface area contributed by atoms with Crippen molar-refractivity contribution in [1.82, 2.24) is 13.5 Å². The molecule has 6 heteroatoms. The maximum atomic E-state index is 6.20. The summed E-state index contributed by atoms with van der Waals surface area (Å²) in [4.78, 5) is 6.04. The summed E-state index contributed by atoms with van der Waals surface area (Å²) in [7, 11) is 3.72. The molecule has 2 aromatic carbocycles. The number of pyridine rings is 1. The van der Waals surface area contributed by atoms with Crippen molar-refractivity contribution in [2.75, 3.05) is 7.11 Å². The molecule has 0 spiro atoms. The molecular formula is C20H18ClN3OS. The number of methoxy groups -OCH3 is 1. The summed E-state index contributed by atoms with van der Waals surface area (Å²) in [6, 6.07) is 18.1. The van der Waals surface area contributed by atoms with Crippen LogP contribution in [0.3, 0.4) is 0 Å². The second-order valence-electron chi connectivity index (χ2n) is 6.01. The van der Waals surface area contributed by atoms with Crippen LogP contribution in [-0.4, -0.2) is 20.6 Å². The van der Waals surface area contributed by atoms with E-state index in [9.17, 15) is 0 Å². The lowest BCUT2D eigenvalue weighted by atomic mass is 10.2. The Balaban J connectivity index is 1.87. The standard InChI is InChI=1S/C20H18ClN3OS/c1-23-18-10-7-15(21)12-17(18)22-20-19(26-23)4-3-11-24(20)13-14-5-8-16(25-2)9-6-14/h3-12H,13H2,1-2H3. The van der Waals surface area contributed by atoms with Gasteiger partial charge in [-0.25, -0.2) is 4.98 Å². The van der Waals surface area contributed by atoms with Crippen molar-refractivity contribution in [3.63, 3.8) is 0 Å². The number of benzene rings is 2. The number of hydrogen-bond acceptors (Lipinski definition) is 3. The van der Waals surface area contributed by atoms with Crippen molar-refractivity contribution in [2.24, 2.45) is 7.05 Å². The van der Waals surface area contributed by atoms with Crippen LogP contribution in [0.1, 0.15) is 5.56 Å². The molecule has 4 rings (SSSR count). The molecule has 4 nitrogen and oxygen atoms in total. The highest BCUT2D eigenvalue weighted by Crippen LogP contribution is 2.27. The van der Waals surface area contributed by atoms with Crippen LogP contribution in [0.5, 0.6) is 5.75 Å². The van der Waals surface area contributed by atoms with Gasteiger partial charge < -0.3 is 9.30 Å². The molecule has 2 aromatic rings. The quantitative estimate of drug-likeness (QED) is 0.476. The number of nitrogens with zero attached hydrogens (tertiary/aromatic N) is 3. The van der Waals surface area contributed by atoms with Crippen LogP contribution < -0.4 is 4.74 Å². The summed E-state index contributed by atoms with van der Waals surface area (Å²) >= 11 is 7.87. The highest BCUT2D eigenvalue weighted by Gasteiger charge is 2.11. The fourth-order valence-corrected chi connectivity index (χ4v) is 4.03. The van der Waals surface area contributed by atoms with Gasteiger partial charge in [-0.15, -0.1) is 0 Å². The lowest BCUT2D eigenvalue weighted by Gasteiger charge is -2.12. The Morgan fingerprint density at radius 1 is 1.12 bits per heavy atom. The Labute approximate surface area is 161 Å². The zero-order valence-electron chi connectivity index (χ0n) is 14.5. The number of rotatable bonds is 3. The predicted molar refractivity (Wildman–Crippen MR) is 108 cm³/mol. The Hall–Kier alpha value is -2.50. The second-order valence-corrected chi connectivity index (χ2v) is 7.61. The van der Waals surface area contributed by atoms with E-state index in [2.05, 4.69) is 39.0 Å². The van der Waals surface area contributed by atoms with Crippen LogP contribution in [0, 0.1) is 0 Å². The van der Waals surface area contributed by atoms with Crippen molar-refractivity contribution >= 4 is 34.2 Å². The van der Waals surface area contributed by atoms with Crippen LogP contribution in [0.4, 0.5) is 0 Å². The Bertz CT molecular complexity index is 1080. The average molecular weight is 384 g/mol. The third kappa shape index (κ3) is 3.28. The summed E-state index contributed by atoms with van der Waals surface area (Å²) in [5.41, 5.74) is 3.11. The number of ether oxygens (including phenoxy) is 1. The molecule has 0 bridgehead atoms. The minimum Gasteiger partial charge on any atom is -0.497 e. The van der Waals surface area contributed by atoms with E-state index in [4.69, 9.17) is 21.3 Å². The van der Waals surface area contributed by atoms with Gasteiger partial charge in [-0.3, -0.25) is 3.96 Å². The third-order valence-corrected chi connectivity index (χ3v) is 5.48. The van der Waals surface area contributed by atoms with Crippen molar-refractivity contribution < 1.29 is 4.74 Å². The van der Waals surface area contributed by atoms with E-state index < -0.39 is 0 Å². The van der Waals surface area contributed by atoms with Gasteiger partial charge in [0.05, 0.1) is 23.0 Å². The molecular weight excluding hydrogens is 366 g/mol. The van der Waals surface area contributed by atoms with E-state index in [0.29, 0.717) is 5.02 Å². The van der Waals surface area contributed by atoms with Gasteiger partial charge in [0.15, 0.2) is 5.82 Å². The smallest absolute Gasteiger partial charge is 0.152 e. The number of halogens is 1. The largest absolute Gasteiger partial charge is 0.497 e.